The van der Waals surface area contributed by atoms with Gasteiger partial charge in [-0.15, -0.1) is 21.5 Å². The minimum Gasteiger partial charge on any atom is -0.270 e. The molecule has 0 spiro atoms. The number of nitrogens with zero attached hydrogens (tertiary/aromatic N) is 4. The zero-order valence-corrected chi connectivity index (χ0v) is 16.3. The van der Waals surface area contributed by atoms with Crippen molar-refractivity contribution in [3.8, 4) is 10.6 Å². The van der Waals surface area contributed by atoms with Crippen molar-refractivity contribution in [2.24, 2.45) is 0 Å². The minimum atomic E-state index is 0.770. The summed E-state index contributed by atoms with van der Waals surface area (Å²) in [6.45, 7) is 2.12. The standard InChI is InChI=1S/C21H16N4S2/c1-14-11-19-23-24-21(25(19)18-10-6-5-9-17(14)18)27-13-16-12-26-20(22-16)15-7-3-2-4-8-15/h2-12H,13H2,1H3. The maximum atomic E-state index is 4.78. The molecule has 3 aromatic heterocycles. The zero-order chi connectivity index (χ0) is 18.2. The van der Waals surface area contributed by atoms with Gasteiger partial charge in [0.2, 0.25) is 0 Å². The van der Waals surface area contributed by atoms with Crippen LogP contribution in [0.4, 0.5) is 0 Å². The number of fused-ring (bicyclic) bond motifs is 3. The highest BCUT2D eigenvalue weighted by atomic mass is 32.2. The van der Waals surface area contributed by atoms with E-state index in [4.69, 9.17) is 4.98 Å². The second-order valence-corrected chi connectivity index (χ2v) is 8.12. The number of para-hydroxylation sites is 1. The molecule has 5 aromatic rings. The van der Waals surface area contributed by atoms with Crippen LogP contribution in [-0.2, 0) is 5.75 Å². The quantitative estimate of drug-likeness (QED) is 0.376. The van der Waals surface area contributed by atoms with E-state index in [1.807, 2.05) is 18.2 Å². The summed E-state index contributed by atoms with van der Waals surface area (Å²) in [7, 11) is 0. The predicted octanol–water partition coefficient (Wildman–Crippen LogP) is 5.61. The van der Waals surface area contributed by atoms with Gasteiger partial charge in [-0.25, -0.2) is 4.98 Å². The normalized spacial score (nSPS) is 11.4. The van der Waals surface area contributed by atoms with Gasteiger partial charge in [0.1, 0.15) is 5.01 Å². The molecule has 0 saturated carbocycles. The van der Waals surface area contributed by atoms with E-state index in [1.54, 1.807) is 23.1 Å². The largest absolute Gasteiger partial charge is 0.270 e. The van der Waals surface area contributed by atoms with Gasteiger partial charge in [0.05, 0.1) is 11.2 Å². The average Bonchev–Trinajstić information content (AvgIpc) is 3.34. The molecule has 132 valence electrons. The molecule has 0 bridgehead atoms. The highest BCUT2D eigenvalue weighted by molar-refractivity contribution is 7.98. The summed E-state index contributed by atoms with van der Waals surface area (Å²) in [6.07, 6.45) is 0. The number of aromatic nitrogens is 4. The third-order valence-electron chi connectivity index (χ3n) is 4.50. The van der Waals surface area contributed by atoms with Gasteiger partial charge in [-0.3, -0.25) is 4.40 Å². The molecule has 0 unspecified atom stereocenters. The van der Waals surface area contributed by atoms with Gasteiger partial charge in [-0.05, 0) is 24.6 Å². The molecule has 0 aliphatic rings. The monoisotopic (exact) mass is 388 g/mol. The summed E-state index contributed by atoms with van der Waals surface area (Å²) in [6, 6.07) is 20.8. The molecule has 2 aromatic carbocycles. The average molecular weight is 389 g/mol. The number of thiazole rings is 1. The molecule has 6 heteroatoms. The summed E-state index contributed by atoms with van der Waals surface area (Å²) in [5.74, 6) is 0.770. The summed E-state index contributed by atoms with van der Waals surface area (Å²) in [5.41, 5.74) is 5.47. The maximum Gasteiger partial charge on any atom is 0.196 e. The van der Waals surface area contributed by atoms with Gasteiger partial charge in [0.15, 0.2) is 10.8 Å². The Bertz CT molecular complexity index is 1240. The fourth-order valence-electron chi connectivity index (χ4n) is 3.19. The van der Waals surface area contributed by atoms with Crippen molar-refractivity contribution >= 4 is 39.6 Å². The summed E-state index contributed by atoms with van der Waals surface area (Å²) in [4.78, 5) is 4.78. The van der Waals surface area contributed by atoms with Crippen LogP contribution in [0, 0.1) is 6.92 Å². The van der Waals surface area contributed by atoms with Crippen molar-refractivity contribution in [1.29, 1.82) is 0 Å². The molecule has 0 fully saturated rings. The molecule has 5 rings (SSSR count). The van der Waals surface area contributed by atoms with Crippen LogP contribution in [0.1, 0.15) is 11.3 Å². The molecule has 4 nitrogen and oxygen atoms in total. The first-order valence-corrected chi connectivity index (χ1v) is 10.5. The van der Waals surface area contributed by atoms with Crippen LogP contribution >= 0.6 is 23.1 Å². The van der Waals surface area contributed by atoms with E-state index in [0.717, 1.165) is 38.3 Å². The second kappa shape index (κ2) is 6.79. The number of thioether (sulfide) groups is 1. The van der Waals surface area contributed by atoms with Gasteiger partial charge >= 0.3 is 0 Å². The van der Waals surface area contributed by atoms with E-state index in [0.29, 0.717) is 0 Å². The Balaban J connectivity index is 1.46. The Morgan fingerprint density at radius 2 is 1.81 bits per heavy atom. The molecule has 0 radical (unpaired) electrons. The second-order valence-electron chi connectivity index (χ2n) is 6.32. The topological polar surface area (TPSA) is 43.1 Å². The minimum absolute atomic E-state index is 0.770. The van der Waals surface area contributed by atoms with E-state index in [2.05, 4.69) is 69.4 Å². The molecule has 0 amide bonds. The lowest BCUT2D eigenvalue weighted by molar-refractivity contribution is 0.939. The number of aryl methyl sites for hydroxylation is 1. The molecule has 3 heterocycles. The number of hydrogen-bond donors (Lipinski definition) is 0. The number of rotatable bonds is 4. The van der Waals surface area contributed by atoms with Crippen LogP contribution in [0.3, 0.4) is 0 Å². The zero-order valence-electron chi connectivity index (χ0n) is 14.7. The Kier molecular flexibility index (Phi) is 4.14. The van der Waals surface area contributed by atoms with E-state index in [-0.39, 0.29) is 0 Å². The van der Waals surface area contributed by atoms with E-state index in [1.165, 1.54) is 10.9 Å². The molecule has 27 heavy (non-hydrogen) atoms. The molecule has 0 atom stereocenters. The fraction of sp³-hybridized carbons (Fsp3) is 0.0952. The summed E-state index contributed by atoms with van der Waals surface area (Å²) in [5, 5.41) is 14.1. The highest BCUT2D eigenvalue weighted by Gasteiger charge is 2.12. The first-order chi connectivity index (χ1) is 13.3. The first-order valence-electron chi connectivity index (χ1n) is 8.66. The van der Waals surface area contributed by atoms with Gasteiger partial charge in [-0.2, -0.15) is 0 Å². The Morgan fingerprint density at radius 1 is 1.00 bits per heavy atom. The fourth-order valence-corrected chi connectivity index (χ4v) is 4.97. The van der Waals surface area contributed by atoms with Crippen molar-refractivity contribution in [1.82, 2.24) is 19.6 Å². The third kappa shape index (κ3) is 3.01. The molecular weight excluding hydrogens is 372 g/mol. The lowest BCUT2D eigenvalue weighted by Gasteiger charge is -2.06. The van der Waals surface area contributed by atoms with Gasteiger partial charge in [0, 0.05) is 22.1 Å². The first kappa shape index (κ1) is 16.5. The van der Waals surface area contributed by atoms with Gasteiger partial charge in [-0.1, -0.05) is 60.3 Å². The molecule has 0 N–H and O–H groups in total. The van der Waals surface area contributed by atoms with Gasteiger partial charge in [0.25, 0.3) is 0 Å². The third-order valence-corrected chi connectivity index (χ3v) is 6.40. The van der Waals surface area contributed by atoms with Crippen molar-refractivity contribution < 1.29 is 0 Å². The Morgan fingerprint density at radius 3 is 2.70 bits per heavy atom. The van der Waals surface area contributed by atoms with Crippen LogP contribution in [0.25, 0.3) is 27.1 Å². The maximum absolute atomic E-state index is 4.78. The van der Waals surface area contributed by atoms with Crippen LogP contribution in [-0.4, -0.2) is 19.6 Å². The van der Waals surface area contributed by atoms with E-state index < -0.39 is 0 Å². The van der Waals surface area contributed by atoms with Crippen molar-refractivity contribution in [2.45, 2.75) is 17.8 Å². The Labute approximate surface area is 164 Å². The van der Waals surface area contributed by atoms with Crippen LogP contribution in [0.15, 0.2) is 71.2 Å². The summed E-state index contributed by atoms with van der Waals surface area (Å²) >= 11 is 3.35. The molecule has 0 aliphatic heterocycles. The Hall–Kier alpha value is -2.70. The molecular formula is C21H16N4S2. The number of pyridine rings is 1. The highest BCUT2D eigenvalue weighted by Crippen LogP contribution is 2.29. The lowest BCUT2D eigenvalue weighted by atomic mass is 10.1. The predicted molar refractivity (Wildman–Crippen MR) is 112 cm³/mol. The summed E-state index contributed by atoms with van der Waals surface area (Å²) < 4.78 is 2.14. The smallest absolute Gasteiger partial charge is 0.196 e. The van der Waals surface area contributed by atoms with Gasteiger partial charge < -0.3 is 0 Å². The number of hydrogen-bond acceptors (Lipinski definition) is 5. The van der Waals surface area contributed by atoms with E-state index >= 15 is 0 Å². The van der Waals surface area contributed by atoms with E-state index in [9.17, 15) is 0 Å². The SMILES string of the molecule is Cc1cc2nnc(SCc3csc(-c4ccccc4)n3)n2c2ccccc12. The number of benzene rings is 2. The van der Waals surface area contributed by atoms with Crippen molar-refractivity contribution in [3.05, 3.63) is 77.3 Å². The van der Waals surface area contributed by atoms with Crippen molar-refractivity contribution in [2.75, 3.05) is 0 Å². The van der Waals surface area contributed by atoms with Crippen LogP contribution in [0.2, 0.25) is 0 Å². The van der Waals surface area contributed by atoms with Crippen LogP contribution in [0.5, 0.6) is 0 Å². The molecule has 0 saturated heterocycles. The molecule has 0 aliphatic carbocycles. The lowest BCUT2D eigenvalue weighted by Crippen LogP contribution is -1.93. The van der Waals surface area contributed by atoms with Crippen molar-refractivity contribution in [3.63, 3.8) is 0 Å². The van der Waals surface area contributed by atoms with Crippen LogP contribution < -0.4 is 0 Å².